The van der Waals surface area contributed by atoms with Gasteiger partial charge < -0.3 is 24.9 Å². The number of guanidine groups is 1. The summed E-state index contributed by atoms with van der Waals surface area (Å²) < 4.78 is 5.58. The van der Waals surface area contributed by atoms with Crippen LogP contribution in [0.3, 0.4) is 0 Å². The molecule has 0 bridgehead atoms. The molecule has 0 radical (unpaired) electrons. The van der Waals surface area contributed by atoms with Crippen LogP contribution in [-0.2, 0) is 6.54 Å². The highest BCUT2D eigenvalue weighted by Crippen LogP contribution is 2.08. The molecular formula is C18H34N6O. The number of aliphatic imine (C=N–C) groups is 1. The summed E-state index contributed by atoms with van der Waals surface area (Å²) >= 11 is 0. The van der Waals surface area contributed by atoms with E-state index in [9.17, 15) is 0 Å². The van der Waals surface area contributed by atoms with Gasteiger partial charge >= 0.3 is 0 Å². The molecule has 0 amide bonds. The van der Waals surface area contributed by atoms with E-state index in [1.165, 1.54) is 39.1 Å². The minimum absolute atomic E-state index is 0.464. The van der Waals surface area contributed by atoms with E-state index in [-0.39, 0.29) is 0 Å². The largest absolute Gasteiger partial charge is 0.444 e. The number of nitrogens with one attached hydrogen (secondary N) is 2. The number of hydrogen-bond acceptors (Lipinski definition) is 5. The van der Waals surface area contributed by atoms with Crippen molar-refractivity contribution in [2.24, 2.45) is 4.99 Å². The number of rotatable bonds is 8. The van der Waals surface area contributed by atoms with E-state index in [0.717, 1.165) is 36.9 Å². The Hall–Kier alpha value is -1.60. The van der Waals surface area contributed by atoms with E-state index in [1.807, 2.05) is 13.8 Å². The Labute approximate surface area is 151 Å². The Morgan fingerprint density at radius 3 is 2.56 bits per heavy atom. The van der Waals surface area contributed by atoms with Crippen molar-refractivity contribution >= 4 is 5.96 Å². The first-order valence-electron chi connectivity index (χ1n) is 9.44. The Morgan fingerprint density at radius 2 is 1.92 bits per heavy atom. The van der Waals surface area contributed by atoms with Crippen LogP contribution in [0.25, 0.3) is 0 Å². The number of hydrogen-bond donors (Lipinski definition) is 2. The molecule has 7 heteroatoms. The van der Waals surface area contributed by atoms with Crippen molar-refractivity contribution < 1.29 is 4.42 Å². The van der Waals surface area contributed by atoms with Crippen molar-refractivity contribution in [2.75, 3.05) is 52.9 Å². The quantitative estimate of drug-likeness (QED) is 0.419. The summed E-state index contributed by atoms with van der Waals surface area (Å²) in [6.07, 6.45) is 2.36. The van der Waals surface area contributed by atoms with Crippen molar-refractivity contribution in [1.82, 2.24) is 25.4 Å². The number of oxazole rings is 1. The fourth-order valence-corrected chi connectivity index (χ4v) is 2.83. The maximum Gasteiger partial charge on any atom is 0.216 e. The lowest BCUT2D eigenvalue weighted by atomic mass is 10.2. The molecule has 1 aliphatic heterocycles. The van der Waals surface area contributed by atoms with E-state index < -0.39 is 0 Å². The first kappa shape index (κ1) is 19.7. The highest BCUT2D eigenvalue weighted by Gasteiger charge is 2.12. The molecule has 142 valence electrons. The summed E-state index contributed by atoms with van der Waals surface area (Å²) in [4.78, 5) is 13.9. The van der Waals surface area contributed by atoms with E-state index in [4.69, 9.17) is 4.42 Å². The van der Waals surface area contributed by atoms with E-state index in [1.54, 1.807) is 0 Å². The topological polar surface area (TPSA) is 68.9 Å². The zero-order valence-corrected chi connectivity index (χ0v) is 16.3. The molecule has 0 unspecified atom stereocenters. The third-order valence-corrected chi connectivity index (χ3v) is 4.58. The number of likely N-dealkylation sites (N-methyl/N-ethyl adjacent to an activating group) is 1. The normalized spacial score (nSPS) is 17.0. The summed E-state index contributed by atoms with van der Waals surface area (Å²) in [7, 11) is 2.20. The molecular weight excluding hydrogens is 316 g/mol. The predicted octanol–water partition coefficient (Wildman–Crippen LogP) is 1.37. The van der Waals surface area contributed by atoms with Crippen LogP contribution in [0, 0.1) is 13.8 Å². The van der Waals surface area contributed by atoms with Gasteiger partial charge in [-0.3, -0.25) is 0 Å². The lowest BCUT2D eigenvalue weighted by molar-refractivity contribution is 0.152. The number of nitrogens with zero attached hydrogens (tertiary/aromatic N) is 4. The summed E-state index contributed by atoms with van der Waals surface area (Å²) in [6, 6.07) is 0. The lowest BCUT2D eigenvalue weighted by Crippen LogP contribution is -2.44. The van der Waals surface area contributed by atoms with Gasteiger partial charge in [0.1, 0.15) is 12.3 Å². The van der Waals surface area contributed by atoms with Crippen LogP contribution in [0.2, 0.25) is 0 Å². The fraction of sp³-hybridized carbons (Fsp3) is 0.778. The highest BCUT2D eigenvalue weighted by molar-refractivity contribution is 5.79. The van der Waals surface area contributed by atoms with Crippen molar-refractivity contribution in [3.05, 3.63) is 17.3 Å². The molecule has 1 aromatic rings. The van der Waals surface area contributed by atoms with E-state index in [2.05, 4.69) is 44.4 Å². The standard InChI is InChI=1S/C18H34N6O/c1-5-19-18(21-14-17-22-15(2)16(3)25-17)20-8-6-7-9-24-12-10-23(4)11-13-24/h5-14H2,1-4H3,(H2,19,20,21). The van der Waals surface area contributed by atoms with Gasteiger partial charge in [0.2, 0.25) is 5.89 Å². The molecule has 2 N–H and O–H groups in total. The van der Waals surface area contributed by atoms with Gasteiger partial charge in [-0.15, -0.1) is 0 Å². The minimum atomic E-state index is 0.464. The third kappa shape index (κ3) is 7.04. The lowest BCUT2D eigenvalue weighted by Gasteiger charge is -2.32. The second-order valence-corrected chi connectivity index (χ2v) is 6.72. The Bertz CT molecular complexity index is 514. The van der Waals surface area contributed by atoms with Gasteiger partial charge in [-0.2, -0.15) is 0 Å². The van der Waals surface area contributed by atoms with Crippen molar-refractivity contribution in [1.29, 1.82) is 0 Å². The summed E-state index contributed by atoms with van der Waals surface area (Å²) in [5, 5.41) is 6.67. The molecule has 1 saturated heterocycles. The maximum atomic E-state index is 5.58. The average molecular weight is 351 g/mol. The summed E-state index contributed by atoms with van der Waals surface area (Å²) in [5.74, 6) is 2.37. The summed E-state index contributed by atoms with van der Waals surface area (Å²) in [6.45, 7) is 14.2. The Morgan fingerprint density at radius 1 is 1.16 bits per heavy atom. The molecule has 1 aliphatic rings. The van der Waals surface area contributed by atoms with Crippen molar-refractivity contribution in [3.63, 3.8) is 0 Å². The number of aromatic nitrogens is 1. The van der Waals surface area contributed by atoms with Crippen LogP contribution < -0.4 is 10.6 Å². The van der Waals surface area contributed by atoms with E-state index >= 15 is 0 Å². The molecule has 1 fully saturated rings. The van der Waals surface area contributed by atoms with Gasteiger partial charge in [0.15, 0.2) is 5.96 Å². The third-order valence-electron chi connectivity index (χ3n) is 4.58. The molecule has 0 saturated carbocycles. The van der Waals surface area contributed by atoms with Crippen LogP contribution in [0.1, 0.15) is 37.1 Å². The van der Waals surface area contributed by atoms with Crippen molar-refractivity contribution in [2.45, 2.75) is 40.2 Å². The molecule has 2 heterocycles. The zero-order chi connectivity index (χ0) is 18.1. The van der Waals surface area contributed by atoms with Gasteiger partial charge in [0.05, 0.1) is 5.69 Å². The van der Waals surface area contributed by atoms with Crippen LogP contribution in [0.4, 0.5) is 0 Å². The number of unbranched alkanes of at least 4 members (excludes halogenated alkanes) is 1. The predicted molar refractivity (Wildman–Crippen MR) is 102 cm³/mol. The van der Waals surface area contributed by atoms with Gasteiger partial charge in [0, 0.05) is 39.3 Å². The smallest absolute Gasteiger partial charge is 0.216 e. The second kappa shape index (κ2) is 10.4. The van der Waals surface area contributed by atoms with Crippen LogP contribution >= 0.6 is 0 Å². The number of aryl methyl sites for hydroxylation is 2. The van der Waals surface area contributed by atoms with E-state index in [0.29, 0.717) is 12.4 Å². The Kier molecular flexibility index (Phi) is 8.21. The zero-order valence-electron chi connectivity index (χ0n) is 16.3. The second-order valence-electron chi connectivity index (χ2n) is 6.72. The molecule has 0 atom stereocenters. The van der Waals surface area contributed by atoms with Crippen LogP contribution in [0.5, 0.6) is 0 Å². The maximum absolute atomic E-state index is 5.58. The van der Waals surface area contributed by atoms with Crippen LogP contribution in [-0.4, -0.2) is 73.6 Å². The first-order valence-corrected chi connectivity index (χ1v) is 9.44. The summed E-state index contributed by atoms with van der Waals surface area (Å²) in [5.41, 5.74) is 0.937. The molecule has 7 nitrogen and oxygen atoms in total. The number of piperazine rings is 1. The monoisotopic (exact) mass is 350 g/mol. The molecule has 2 rings (SSSR count). The molecule has 0 spiro atoms. The molecule has 25 heavy (non-hydrogen) atoms. The average Bonchev–Trinajstić information content (AvgIpc) is 2.92. The fourth-order valence-electron chi connectivity index (χ4n) is 2.83. The minimum Gasteiger partial charge on any atom is -0.444 e. The highest BCUT2D eigenvalue weighted by atomic mass is 16.4. The molecule has 0 aromatic carbocycles. The van der Waals surface area contributed by atoms with Gasteiger partial charge in [-0.1, -0.05) is 0 Å². The molecule has 1 aromatic heterocycles. The van der Waals surface area contributed by atoms with Crippen LogP contribution in [0.15, 0.2) is 9.41 Å². The van der Waals surface area contributed by atoms with Crippen molar-refractivity contribution in [3.8, 4) is 0 Å². The van der Waals surface area contributed by atoms with Gasteiger partial charge in [0.25, 0.3) is 0 Å². The SMILES string of the molecule is CCNC(=NCc1nc(C)c(C)o1)NCCCCN1CCN(C)CC1. The van der Waals surface area contributed by atoms with Gasteiger partial charge in [-0.05, 0) is 47.2 Å². The first-order chi connectivity index (χ1) is 12.1. The molecule has 0 aliphatic carbocycles. The van der Waals surface area contributed by atoms with Gasteiger partial charge in [-0.25, -0.2) is 9.98 Å². The Balaban J connectivity index is 1.65.